The Morgan fingerprint density at radius 1 is 1.55 bits per heavy atom. The Hall–Kier alpha value is -1.92. The molecule has 0 aliphatic rings. The summed E-state index contributed by atoms with van der Waals surface area (Å²) in [6, 6.07) is 4.34. The van der Waals surface area contributed by atoms with Crippen molar-refractivity contribution in [2.24, 2.45) is 0 Å². The predicted octanol–water partition coefficient (Wildman–Crippen LogP) is 2.24. The fourth-order valence-electron chi connectivity index (χ4n) is 1.71. The van der Waals surface area contributed by atoms with Gasteiger partial charge in [-0.3, -0.25) is 4.79 Å². The van der Waals surface area contributed by atoms with Gasteiger partial charge in [0.05, 0.1) is 6.10 Å². The molecule has 1 atom stereocenters. The lowest BCUT2D eigenvalue weighted by Crippen LogP contribution is -2.28. The Kier molecular flexibility index (Phi) is 4.36. The molecule has 0 radical (unpaired) electrons. The fraction of sp³-hybridized carbons (Fsp3) is 0.214. The zero-order valence-corrected chi connectivity index (χ0v) is 11.7. The zero-order valence-electron chi connectivity index (χ0n) is 10.9. The number of rotatable bonds is 4. The average Bonchev–Trinajstić information content (AvgIpc) is 2.95. The highest BCUT2D eigenvalue weighted by Gasteiger charge is 2.13. The van der Waals surface area contributed by atoms with Crippen LogP contribution in [-0.4, -0.2) is 17.6 Å². The number of aliphatic hydroxyl groups excluding tert-OH is 1. The number of nitrogen functional groups attached to an aromatic ring is 1. The number of benzene rings is 1. The minimum atomic E-state index is -0.780. The molecule has 0 saturated heterocycles. The van der Waals surface area contributed by atoms with Crippen LogP contribution in [0.2, 0.25) is 0 Å². The van der Waals surface area contributed by atoms with E-state index in [2.05, 4.69) is 5.32 Å². The number of hydrogen-bond donors (Lipinski definition) is 3. The molecule has 6 heteroatoms. The summed E-state index contributed by atoms with van der Waals surface area (Å²) in [5.41, 5.74) is 7.06. The van der Waals surface area contributed by atoms with Crippen molar-refractivity contribution in [3.8, 4) is 0 Å². The third kappa shape index (κ3) is 3.15. The molecule has 1 aromatic heterocycles. The Labute approximate surface area is 120 Å². The number of hydrogen-bond acceptors (Lipinski definition) is 4. The number of carbonyl (C=O) groups excluding carboxylic acids is 1. The molecule has 20 heavy (non-hydrogen) atoms. The SMILES string of the molecule is Cc1c(N)cc(C(=O)NCC(O)c2ccsc2)cc1F. The Morgan fingerprint density at radius 2 is 2.30 bits per heavy atom. The molecule has 1 aromatic carbocycles. The number of nitrogens with two attached hydrogens (primary N) is 1. The zero-order chi connectivity index (χ0) is 14.7. The molecule has 4 N–H and O–H groups in total. The first-order valence-electron chi connectivity index (χ1n) is 6.03. The number of carbonyl (C=O) groups is 1. The van der Waals surface area contributed by atoms with Crippen LogP contribution < -0.4 is 11.1 Å². The molecule has 1 unspecified atom stereocenters. The highest BCUT2D eigenvalue weighted by molar-refractivity contribution is 7.07. The maximum absolute atomic E-state index is 13.5. The van der Waals surface area contributed by atoms with Gasteiger partial charge in [-0.2, -0.15) is 11.3 Å². The first kappa shape index (κ1) is 14.5. The highest BCUT2D eigenvalue weighted by Crippen LogP contribution is 2.18. The Balaban J connectivity index is 2.02. The third-order valence-electron chi connectivity index (χ3n) is 3.03. The third-order valence-corrected chi connectivity index (χ3v) is 3.73. The van der Waals surface area contributed by atoms with Crippen molar-refractivity contribution in [2.45, 2.75) is 13.0 Å². The number of amides is 1. The maximum Gasteiger partial charge on any atom is 0.251 e. The van der Waals surface area contributed by atoms with Gasteiger partial charge in [0.2, 0.25) is 0 Å². The topological polar surface area (TPSA) is 75.4 Å². The molecule has 2 aromatic rings. The summed E-state index contributed by atoms with van der Waals surface area (Å²) in [7, 11) is 0. The normalized spacial score (nSPS) is 12.2. The first-order valence-corrected chi connectivity index (χ1v) is 6.97. The minimum absolute atomic E-state index is 0.0605. The van der Waals surface area contributed by atoms with E-state index in [1.54, 1.807) is 18.4 Å². The Bertz CT molecular complexity index is 591. The second kappa shape index (κ2) is 6.02. The lowest BCUT2D eigenvalue weighted by Gasteiger charge is -2.11. The van der Waals surface area contributed by atoms with Crippen molar-refractivity contribution in [3.05, 3.63) is 51.5 Å². The molecule has 0 fully saturated rings. The van der Waals surface area contributed by atoms with Crippen LogP contribution in [0.15, 0.2) is 29.0 Å². The Morgan fingerprint density at radius 3 is 2.90 bits per heavy atom. The van der Waals surface area contributed by atoms with Gasteiger partial charge in [-0.15, -0.1) is 0 Å². The van der Waals surface area contributed by atoms with Crippen molar-refractivity contribution < 1.29 is 14.3 Å². The van der Waals surface area contributed by atoms with E-state index < -0.39 is 17.8 Å². The minimum Gasteiger partial charge on any atom is -0.398 e. The summed E-state index contributed by atoms with van der Waals surface area (Å²) in [5, 5.41) is 16.1. The quantitative estimate of drug-likeness (QED) is 0.757. The van der Waals surface area contributed by atoms with Gasteiger partial charge >= 0.3 is 0 Å². The number of halogens is 1. The van der Waals surface area contributed by atoms with Gasteiger partial charge in [-0.1, -0.05) is 0 Å². The summed E-state index contributed by atoms with van der Waals surface area (Å²) in [6.07, 6.45) is -0.780. The van der Waals surface area contributed by atoms with E-state index in [0.29, 0.717) is 5.56 Å². The van der Waals surface area contributed by atoms with Crippen LogP contribution in [0, 0.1) is 12.7 Å². The first-order chi connectivity index (χ1) is 9.49. The predicted molar refractivity (Wildman–Crippen MR) is 77.2 cm³/mol. The van der Waals surface area contributed by atoms with Crippen LogP contribution in [0.5, 0.6) is 0 Å². The van der Waals surface area contributed by atoms with Crippen LogP contribution in [0.3, 0.4) is 0 Å². The summed E-state index contributed by atoms with van der Waals surface area (Å²) in [6.45, 7) is 1.61. The van der Waals surface area contributed by atoms with Gasteiger partial charge in [0.15, 0.2) is 0 Å². The molecule has 0 aliphatic heterocycles. The van der Waals surface area contributed by atoms with Crippen LogP contribution in [0.1, 0.15) is 27.6 Å². The molecule has 0 aliphatic carbocycles. The van der Waals surface area contributed by atoms with E-state index in [0.717, 1.165) is 11.6 Å². The van der Waals surface area contributed by atoms with E-state index >= 15 is 0 Å². The number of aliphatic hydroxyl groups is 1. The van der Waals surface area contributed by atoms with Gasteiger partial charge in [0, 0.05) is 23.4 Å². The summed E-state index contributed by atoms with van der Waals surface area (Å²) < 4.78 is 13.5. The van der Waals surface area contributed by atoms with Gasteiger partial charge in [0.1, 0.15) is 5.82 Å². The van der Waals surface area contributed by atoms with E-state index in [9.17, 15) is 14.3 Å². The van der Waals surface area contributed by atoms with Gasteiger partial charge in [0.25, 0.3) is 5.91 Å². The standard InChI is InChI=1S/C14H15FN2O2S/c1-8-11(15)4-10(5-12(8)16)14(19)17-6-13(18)9-2-3-20-7-9/h2-5,7,13,18H,6,16H2,1H3,(H,17,19). The maximum atomic E-state index is 13.5. The molecule has 0 bridgehead atoms. The summed E-state index contributed by atoms with van der Waals surface area (Å²) in [4.78, 5) is 11.9. The smallest absolute Gasteiger partial charge is 0.251 e. The number of nitrogens with one attached hydrogen (secondary N) is 1. The van der Waals surface area contributed by atoms with Gasteiger partial charge < -0.3 is 16.2 Å². The number of thiophene rings is 1. The molecule has 4 nitrogen and oxygen atoms in total. The molecular formula is C14H15FN2O2S. The molecule has 106 valence electrons. The summed E-state index contributed by atoms with van der Waals surface area (Å²) >= 11 is 1.47. The lowest BCUT2D eigenvalue weighted by atomic mass is 10.1. The van der Waals surface area contributed by atoms with Crippen LogP contribution >= 0.6 is 11.3 Å². The summed E-state index contributed by atoms with van der Waals surface area (Å²) in [5.74, 6) is -0.988. The molecule has 1 heterocycles. The molecule has 1 amide bonds. The molecular weight excluding hydrogens is 279 g/mol. The number of anilines is 1. The van der Waals surface area contributed by atoms with Crippen molar-refractivity contribution >= 4 is 22.9 Å². The highest BCUT2D eigenvalue weighted by atomic mass is 32.1. The van der Waals surface area contributed by atoms with E-state index in [4.69, 9.17) is 5.73 Å². The molecule has 2 rings (SSSR count). The van der Waals surface area contributed by atoms with Crippen molar-refractivity contribution in [1.29, 1.82) is 0 Å². The van der Waals surface area contributed by atoms with Crippen LogP contribution in [-0.2, 0) is 0 Å². The van der Waals surface area contributed by atoms with E-state index in [1.807, 2.05) is 5.38 Å². The molecule has 0 spiro atoms. The van der Waals surface area contributed by atoms with Crippen molar-refractivity contribution in [1.82, 2.24) is 5.32 Å². The average molecular weight is 294 g/mol. The lowest BCUT2D eigenvalue weighted by molar-refractivity contribution is 0.0916. The van der Waals surface area contributed by atoms with Gasteiger partial charge in [-0.05, 0) is 41.4 Å². The fourth-order valence-corrected chi connectivity index (χ4v) is 2.41. The molecule has 0 saturated carbocycles. The second-order valence-corrected chi connectivity index (χ2v) is 5.23. The van der Waals surface area contributed by atoms with E-state index in [-0.39, 0.29) is 17.8 Å². The van der Waals surface area contributed by atoms with Crippen molar-refractivity contribution in [3.63, 3.8) is 0 Å². The van der Waals surface area contributed by atoms with Crippen molar-refractivity contribution in [2.75, 3.05) is 12.3 Å². The van der Waals surface area contributed by atoms with Gasteiger partial charge in [-0.25, -0.2) is 4.39 Å². The monoisotopic (exact) mass is 294 g/mol. The second-order valence-electron chi connectivity index (χ2n) is 4.45. The van der Waals surface area contributed by atoms with Crippen LogP contribution in [0.4, 0.5) is 10.1 Å². The van der Waals surface area contributed by atoms with E-state index in [1.165, 1.54) is 17.4 Å². The van der Waals surface area contributed by atoms with Crippen LogP contribution in [0.25, 0.3) is 0 Å². The largest absolute Gasteiger partial charge is 0.398 e.